The number of nitrogens with zero attached hydrogens (tertiary/aromatic N) is 1. The van der Waals surface area contributed by atoms with Gasteiger partial charge in [0.1, 0.15) is 6.54 Å². The SMILES string of the molecule is CCCN(CC(F)(F)F)C(=O)C(C)(C)c1ccc(N)cc1. The van der Waals surface area contributed by atoms with Crippen molar-refractivity contribution in [3.05, 3.63) is 29.8 Å². The second-order valence-electron chi connectivity index (χ2n) is 5.59. The average molecular weight is 302 g/mol. The van der Waals surface area contributed by atoms with E-state index in [0.717, 1.165) is 4.90 Å². The highest BCUT2D eigenvalue weighted by Gasteiger charge is 2.39. The topological polar surface area (TPSA) is 46.3 Å². The molecule has 0 saturated carbocycles. The molecule has 0 spiro atoms. The van der Waals surface area contributed by atoms with Crippen LogP contribution in [0.4, 0.5) is 18.9 Å². The number of rotatable bonds is 5. The Morgan fingerprint density at radius 3 is 2.14 bits per heavy atom. The van der Waals surface area contributed by atoms with Crippen LogP contribution in [0.3, 0.4) is 0 Å². The molecule has 0 aliphatic heterocycles. The number of hydrogen-bond donors (Lipinski definition) is 1. The molecule has 0 aliphatic rings. The summed E-state index contributed by atoms with van der Waals surface area (Å²) in [6.07, 6.45) is -3.93. The third-order valence-electron chi connectivity index (χ3n) is 3.32. The van der Waals surface area contributed by atoms with Crippen molar-refractivity contribution < 1.29 is 18.0 Å². The van der Waals surface area contributed by atoms with Gasteiger partial charge in [0.15, 0.2) is 0 Å². The normalized spacial score (nSPS) is 12.3. The minimum Gasteiger partial charge on any atom is -0.399 e. The molecular formula is C15H21F3N2O. The van der Waals surface area contributed by atoms with Gasteiger partial charge in [-0.05, 0) is 38.0 Å². The zero-order chi connectivity index (χ0) is 16.3. The van der Waals surface area contributed by atoms with E-state index >= 15 is 0 Å². The van der Waals surface area contributed by atoms with Crippen molar-refractivity contribution in [2.45, 2.75) is 38.8 Å². The second-order valence-corrected chi connectivity index (χ2v) is 5.59. The minimum absolute atomic E-state index is 0.0801. The van der Waals surface area contributed by atoms with Crippen LogP contribution in [0.15, 0.2) is 24.3 Å². The molecule has 6 heteroatoms. The van der Waals surface area contributed by atoms with E-state index in [1.54, 1.807) is 45.0 Å². The third-order valence-corrected chi connectivity index (χ3v) is 3.32. The number of benzene rings is 1. The number of nitrogen functional groups attached to an aromatic ring is 1. The van der Waals surface area contributed by atoms with E-state index in [0.29, 0.717) is 17.7 Å². The predicted molar refractivity (Wildman–Crippen MR) is 76.8 cm³/mol. The Labute approximate surface area is 122 Å². The lowest BCUT2D eigenvalue weighted by Gasteiger charge is -2.32. The molecule has 0 aromatic heterocycles. The maximum absolute atomic E-state index is 12.6. The number of nitrogens with two attached hydrogens (primary N) is 1. The number of carbonyl (C=O) groups is 1. The molecule has 1 rings (SSSR count). The fourth-order valence-electron chi connectivity index (χ4n) is 2.16. The summed E-state index contributed by atoms with van der Waals surface area (Å²) >= 11 is 0. The molecule has 0 aliphatic carbocycles. The van der Waals surface area contributed by atoms with Crippen molar-refractivity contribution in [3.8, 4) is 0 Å². The first-order valence-corrected chi connectivity index (χ1v) is 6.80. The van der Waals surface area contributed by atoms with Crippen LogP contribution in [0, 0.1) is 0 Å². The molecule has 21 heavy (non-hydrogen) atoms. The number of halogens is 3. The van der Waals surface area contributed by atoms with Crippen molar-refractivity contribution in [1.82, 2.24) is 4.90 Å². The zero-order valence-corrected chi connectivity index (χ0v) is 12.5. The molecule has 0 heterocycles. The van der Waals surface area contributed by atoms with Crippen molar-refractivity contribution >= 4 is 11.6 Å². The van der Waals surface area contributed by atoms with E-state index in [4.69, 9.17) is 5.73 Å². The lowest BCUT2D eigenvalue weighted by molar-refractivity contribution is -0.164. The number of carbonyl (C=O) groups excluding carboxylic acids is 1. The van der Waals surface area contributed by atoms with E-state index in [-0.39, 0.29) is 6.54 Å². The van der Waals surface area contributed by atoms with Crippen LogP contribution >= 0.6 is 0 Å². The molecule has 1 aromatic rings. The molecule has 0 unspecified atom stereocenters. The standard InChI is InChI=1S/C15H21F3N2O/c1-4-9-20(10-15(16,17)18)13(21)14(2,3)11-5-7-12(19)8-6-11/h5-8H,4,9-10,19H2,1-3H3. The molecule has 1 aromatic carbocycles. The van der Waals surface area contributed by atoms with Gasteiger partial charge in [0.2, 0.25) is 5.91 Å². The quantitative estimate of drug-likeness (QED) is 0.848. The fraction of sp³-hybridized carbons (Fsp3) is 0.533. The summed E-state index contributed by atoms with van der Waals surface area (Å²) in [5.41, 5.74) is 5.75. The summed E-state index contributed by atoms with van der Waals surface area (Å²) in [6.45, 7) is 3.85. The van der Waals surface area contributed by atoms with Gasteiger partial charge in [0.25, 0.3) is 0 Å². The summed E-state index contributed by atoms with van der Waals surface area (Å²) < 4.78 is 37.9. The third kappa shape index (κ3) is 4.65. The summed E-state index contributed by atoms with van der Waals surface area (Å²) in [7, 11) is 0. The lowest BCUT2D eigenvalue weighted by Crippen LogP contribution is -2.47. The van der Waals surface area contributed by atoms with Gasteiger partial charge in [-0.3, -0.25) is 4.79 Å². The second kappa shape index (κ2) is 6.37. The Balaban J connectivity index is 3.02. The first-order valence-electron chi connectivity index (χ1n) is 6.80. The number of anilines is 1. The van der Waals surface area contributed by atoms with Crippen LogP contribution in [0.1, 0.15) is 32.8 Å². The van der Waals surface area contributed by atoms with Gasteiger partial charge in [-0.25, -0.2) is 0 Å². The molecule has 0 radical (unpaired) electrons. The Hall–Kier alpha value is -1.72. The molecule has 0 saturated heterocycles. The van der Waals surface area contributed by atoms with Gasteiger partial charge in [-0.15, -0.1) is 0 Å². The van der Waals surface area contributed by atoms with Gasteiger partial charge in [-0.2, -0.15) is 13.2 Å². The summed E-state index contributed by atoms with van der Waals surface area (Å²) in [5, 5.41) is 0. The van der Waals surface area contributed by atoms with Crippen LogP contribution in [-0.2, 0) is 10.2 Å². The summed E-state index contributed by atoms with van der Waals surface area (Å²) in [5.74, 6) is -0.536. The van der Waals surface area contributed by atoms with Crippen molar-refractivity contribution in [1.29, 1.82) is 0 Å². The predicted octanol–water partition coefficient (Wildman–Crippen LogP) is 3.35. The number of alkyl halides is 3. The maximum atomic E-state index is 12.6. The van der Waals surface area contributed by atoms with Gasteiger partial charge in [-0.1, -0.05) is 19.1 Å². The van der Waals surface area contributed by atoms with Crippen LogP contribution in [0.25, 0.3) is 0 Å². The molecule has 2 N–H and O–H groups in total. The average Bonchev–Trinajstić information content (AvgIpc) is 2.36. The summed E-state index contributed by atoms with van der Waals surface area (Å²) in [6, 6.07) is 6.62. The Morgan fingerprint density at radius 1 is 1.19 bits per heavy atom. The largest absolute Gasteiger partial charge is 0.406 e. The Morgan fingerprint density at radius 2 is 1.71 bits per heavy atom. The zero-order valence-electron chi connectivity index (χ0n) is 12.5. The molecular weight excluding hydrogens is 281 g/mol. The smallest absolute Gasteiger partial charge is 0.399 e. The van der Waals surface area contributed by atoms with Gasteiger partial charge in [0, 0.05) is 12.2 Å². The molecule has 0 fully saturated rings. The molecule has 1 amide bonds. The van der Waals surface area contributed by atoms with Crippen LogP contribution in [0.2, 0.25) is 0 Å². The van der Waals surface area contributed by atoms with Crippen molar-refractivity contribution in [2.75, 3.05) is 18.8 Å². The first kappa shape index (κ1) is 17.3. The van der Waals surface area contributed by atoms with Gasteiger partial charge in [0.05, 0.1) is 5.41 Å². The van der Waals surface area contributed by atoms with E-state index < -0.39 is 24.0 Å². The van der Waals surface area contributed by atoms with Crippen LogP contribution < -0.4 is 5.73 Å². The molecule has 118 valence electrons. The Bertz CT molecular complexity index is 481. The van der Waals surface area contributed by atoms with Crippen LogP contribution in [0.5, 0.6) is 0 Å². The van der Waals surface area contributed by atoms with Crippen molar-refractivity contribution in [3.63, 3.8) is 0 Å². The number of hydrogen-bond acceptors (Lipinski definition) is 2. The highest BCUT2D eigenvalue weighted by molar-refractivity contribution is 5.87. The van der Waals surface area contributed by atoms with Crippen LogP contribution in [-0.4, -0.2) is 30.1 Å². The van der Waals surface area contributed by atoms with Crippen molar-refractivity contribution in [2.24, 2.45) is 0 Å². The molecule has 0 bridgehead atoms. The Kier molecular flexibility index (Phi) is 5.25. The van der Waals surface area contributed by atoms with E-state index in [1.165, 1.54) is 0 Å². The highest BCUT2D eigenvalue weighted by Crippen LogP contribution is 2.28. The summed E-state index contributed by atoms with van der Waals surface area (Å²) in [4.78, 5) is 13.4. The first-order chi connectivity index (χ1) is 9.58. The lowest BCUT2D eigenvalue weighted by atomic mass is 9.83. The minimum atomic E-state index is -4.40. The van der Waals surface area contributed by atoms with Gasteiger partial charge >= 0.3 is 6.18 Å². The maximum Gasteiger partial charge on any atom is 0.406 e. The van der Waals surface area contributed by atoms with Gasteiger partial charge < -0.3 is 10.6 Å². The fourth-order valence-corrected chi connectivity index (χ4v) is 2.16. The molecule has 0 atom stereocenters. The van der Waals surface area contributed by atoms with E-state index in [1.807, 2.05) is 0 Å². The van der Waals surface area contributed by atoms with E-state index in [9.17, 15) is 18.0 Å². The monoisotopic (exact) mass is 302 g/mol. The molecule has 3 nitrogen and oxygen atoms in total. The van der Waals surface area contributed by atoms with E-state index in [2.05, 4.69) is 0 Å². The highest BCUT2D eigenvalue weighted by atomic mass is 19.4. The number of amides is 1.